The van der Waals surface area contributed by atoms with Crippen LogP contribution in [0.2, 0.25) is 0 Å². The summed E-state index contributed by atoms with van der Waals surface area (Å²) in [5.74, 6) is 1.57. The van der Waals surface area contributed by atoms with Crippen molar-refractivity contribution in [3.05, 3.63) is 0 Å². The van der Waals surface area contributed by atoms with Gasteiger partial charge < -0.3 is 15.0 Å². The molecule has 1 rings (SSSR count). The summed E-state index contributed by atoms with van der Waals surface area (Å²) in [6.45, 7) is 12.0. The van der Waals surface area contributed by atoms with Crippen molar-refractivity contribution < 1.29 is 4.74 Å². The molecule has 0 bridgehead atoms. The summed E-state index contributed by atoms with van der Waals surface area (Å²) in [6, 6.07) is 0.596. The highest BCUT2D eigenvalue weighted by Crippen LogP contribution is 2.28. The number of nitrogens with zero attached hydrogens (tertiary/aromatic N) is 1. The molecule has 1 N–H and O–H groups in total. The Kier molecular flexibility index (Phi) is 7.87. The van der Waals surface area contributed by atoms with E-state index in [1.165, 1.54) is 19.3 Å². The fraction of sp³-hybridized carbons (Fsp3) is 1.00. The summed E-state index contributed by atoms with van der Waals surface area (Å²) in [5.41, 5.74) is 0. The molecule has 1 aliphatic carbocycles. The normalized spacial score (nSPS) is 17.7. The van der Waals surface area contributed by atoms with Gasteiger partial charge in [0, 0.05) is 25.7 Å². The van der Waals surface area contributed by atoms with Crippen molar-refractivity contribution in [1.29, 1.82) is 0 Å². The monoisotopic (exact) mass is 256 g/mol. The van der Waals surface area contributed by atoms with Crippen LogP contribution < -0.4 is 5.32 Å². The summed E-state index contributed by atoms with van der Waals surface area (Å²) < 4.78 is 5.69. The third-order valence-electron chi connectivity index (χ3n) is 3.64. The van der Waals surface area contributed by atoms with E-state index in [2.05, 4.69) is 38.0 Å². The average molecular weight is 256 g/mol. The van der Waals surface area contributed by atoms with E-state index in [0.29, 0.717) is 12.0 Å². The van der Waals surface area contributed by atoms with Gasteiger partial charge in [-0.2, -0.15) is 0 Å². The lowest BCUT2D eigenvalue weighted by molar-refractivity contribution is 0.0988. The Morgan fingerprint density at radius 2 is 2.06 bits per heavy atom. The molecule has 3 heteroatoms. The number of nitrogens with one attached hydrogen (secondary N) is 1. The van der Waals surface area contributed by atoms with Crippen LogP contribution in [0.5, 0.6) is 0 Å². The van der Waals surface area contributed by atoms with Gasteiger partial charge in [-0.15, -0.1) is 0 Å². The molecule has 3 nitrogen and oxygen atoms in total. The molecule has 1 aliphatic rings. The number of hydrogen-bond donors (Lipinski definition) is 1. The van der Waals surface area contributed by atoms with E-state index in [1.54, 1.807) is 0 Å². The first kappa shape index (κ1) is 15.9. The maximum Gasteiger partial charge on any atom is 0.0593 e. The summed E-state index contributed by atoms with van der Waals surface area (Å²) >= 11 is 0. The van der Waals surface area contributed by atoms with Crippen LogP contribution in [0.25, 0.3) is 0 Å². The van der Waals surface area contributed by atoms with Crippen LogP contribution >= 0.6 is 0 Å². The lowest BCUT2D eigenvalue weighted by atomic mass is 10.0. The fourth-order valence-electron chi connectivity index (χ4n) is 2.02. The maximum absolute atomic E-state index is 5.69. The van der Waals surface area contributed by atoms with Crippen molar-refractivity contribution >= 4 is 0 Å². The van der Waals surface area contributed by atoms with E-state index in [-0.39, 0.29) is 0 Å². The van der Waals surface area contributed by atoms with Crippen LogP contribution in [0.4, 0.5) is 0 Å². The van der Waals surface area contributed by atoms with E-state index in [0.717, 1.165) is 38.8 Å². The molecule has 0 heterocycles. The highest BCUT2D eigenvalue weighted by molar-refractivity contribution is 4.74. The van der Waals surface area contributed by atoms with Gasteiger partial charge in [-0.05, 0) is 44.7 Å². The number of rotatable bonds is 11. The quantitative estimate of drug-likeness (QED) is 0.574. The molecule has 0 aromatic carbocycles. The Bertz CT molecular complexity index is 205. The first-order chi connectivity index (χ1) is 8.63. The van der Waals surface area contributed by atoms with Crippen LogP contribution in [-0.2, 0) is 4.74 Å². The predicted molar refractivity (Wildman–Crippen MR) is 78.0 cm³/mol. The van der Waals surface area contributed by atoms with Crippen LogP contribution in [-0.4, -0.2) is 50.8 Å². The van der Waals surface area contributed by atoms with Crippen LogP contribution in [0.15, 0.2) is 0 Å². The minimum absolute atomic E-state index is 0.596. The van der Waals surface area contributed by atoms with Gasteiger partial charge in [0.1, 0.15) is 0 Å². The van der Waals surface area contributed by atoms with Gasteiger partial charge >= 0.3 is 0 Å². The third kappa shape index (κ3) is 7.34. The highest BCUT2D eigenvalue weighted by Gasteiger charge is 2.21. The number of hydrogen-bond acceptors (Lipinski definition) is 3. The minimum atomic E-state index is 0.596. The molecule has 1 saturated carbocycles. The summed E-state index contributed by atoms with van der Waals surface area (Å²) in [7, 11) is 2.20. The Balaban J connectivity index is 2.07. The summed E-state index contributed by atoms with van der Waals surface area (Å²) in [4.78, 5) is 2.39. The van der Waals surface area contributed by atoms with Crippen LogP contribution in [0.1, 0.15) is 40.0 Å². The Morgan fingerprint density at radius 1 is 1.33 bits per heavy atom. The zero-order chi connectivity index (χ0) is 13.4. The molecule has 0 saturated heterocycles. The van der Waals surface area contributed by atoms with Crippen LogP contribution in [0, 0.1) is 11.8 Å². The highest BCUT2D eigenvalue weighted by atomic mass is 16.5. The van der Waals surface area contributed by atoms with Crippen LogP contribution in [0.3, 0.4) is 0 Å². The maximum atomic E-state index is 5.69. The molecule has 0 radical (unpaired) electrons. The minimum Gasteiger partial charge on any atom is -0.380 e. The van der Waals surface area contributed by atoms with E-state index < -0.39 is 0 Å². The van der Waals surface area contributed by atoms with Crippen molar-refractivity contribution in [2.24, 2.45) is 11.8 Å². The molecule has 0 aromatic heterocycles. The van der Waals surface area contributed by atoms with Crippen molar-refractivity contribution in [3.8, 4) is 0 Å². The van der Waals surface area contributed by atoms with Gasteiger partial charge in [-0.25, -0.2) is 0 Å². The van der Waals surface area contributed by atoms with Crippen molar-refractivity contribution in [2.45, 2.75) is 46.1 Å². The predicted octanol–water partition coefficient (Wildman–Crippen LogP) is 2.37. The Hall–Kier alpha value is -0.120. The largest absolute Gasteiger partial charge is 0.380 e. The molecule has 0 amide bonds. The zero-order valence-corrected chi connectivity index (χ0v) is 12.7. The van der Waals surface area contributed by atoms with Gasteiger partial charge in [-0.3, -0.25) is 0 Å². The fourth-order valence-corrected chi connectivity index (χ4v) is 2.02. The van der Waals surface area contributed by atoms with Gasteiger partial charge in [0.25, 0.3) is 0 Å². The number of likely N-dealkylation sites (N-methyl/N-ethyl adjacent to an activating group) is 1. The lowest BCUT2D eigenvalue weighted by Crippen LogP contribution is -2.44. The first-order valence-corrected chi connectivity index (χ1v) is 7.63. The SMILES string of the molecule is CCCNC(CN(C)CCOCC1CC1)C(C)C. The standard InChI is InChI=1S/C15H32N2O/c1-5-8-16-15(13(2)3)11-17(4)9-10-18-12-14-6-7-14/h13-16H,5-12H2,1-4H3. The van der Waals surface area contributed by atoms with E-state index in [4.69, 9.17) is 4.74 Å². The molecule has 0 aromatic rings. The first-order valence-electron chi connectivity index (χ1n) is 7.63. The van der Waals surface area contributed by atoms with E-state index in [1.807, 2.05) is 0 Å². The van der Waals surface area contributed by atoms with Gasteiger partial charge in [0.2, 0.25) is 0 Å². The summed E-state index contributed by atoms with van der Waals surface area (Å²) in [6.07, 6.45) is 3.97. The van der Waals surface area contributed by atoms with E-state index in [9.17, 15) is 0 Å². The van der Waals surface area contributed by atoms with Gasteiger partial charge in [0.05, 0.1) is 6.61 Å². The molecule has 1 unspecified atom stereocenters. The molecular weight excluding hydrogens is 224 g/mol. The van der Waals surface area contributed by atoms with Gasteiger partial charge in [0.15, 0.2) is 0 Å². The molecule has 1 fully saturated rings. The van der Waals surface area contributed by atoms with Crippen molar-refractivity contribution in [2.75, 3.05) is 39.9 Å². The third-order valence-corrected chi connectivity index (χ3v) is 3.64. The average Bonchev–Trinajstić information content (AvgIpc) is 3.13. The number of ether oxygens (including phenoxy) is 1. The zero-order valence-electron chi connectivity index (χ0n) is 12.7. The molecule has 18 heavy (non-hydrogen) atoms. The molecule has 0 spiro atoms. The molecule has 1 atom stereocenters. The summed E-state index contributed by atoms with van der Waals surface area (Å²) in [5, 5.41) is 3.64. The Labute approximate surface area is 113 Å². The Morgan fingerprint density at radius 3 is 2.61 bits per heavy atom. The second-order valence-electron chi connectivity index (χ2n) is 6.09. The molecule has 108 valence electrons. The second-order valence-corrected chi connectivity index (χ2v) is 6.09. The smallest absolute Gasteiger partial charge is 0.0593 e. The second kappa shape index (κ2) is 8.89. The topological polar surface area (TPSA) is 24.5 Å². The van der Waals surface area contributed by atoms with Crippen molar-refractivity contribution in [3.63, 3.8) is 0 Å². The molecular formula is C15H32N2O. The van der Waals surface area contributed by atoms with Crippen molar-refractivity contribution in [1.82, 2.24) is 10.2 Å². The lowest BCUT2D eigenvalue weighted by Gasteiger charge is -2.27. The van der Waals surface area contributed by atoms with E-state index >= 15 is 0 Å². The van der Waals surface area contributed by atoms with Gasteiger partial charge in [-0.1, -0.05) is 20.8 Å². The molecule has 0 aliphatic heterocycles.